The minimum absolute atomic E-state index is 0.0769. The van der Waals surface area contributed by atoms with Gasteiger partial charge < -0.3 is 10.6 Å². The maximum absolute atomic E-state index is 12.9. The van der Waals surface area contributed by atoms with E-state index in [9.17, 15) is 9.59 Å². The number of nitrogens with zero attached hydrogens (tertiary/aromatic N) is 4. The van der Waals surface area contributed by atoms with Gasteiger partial charge in [0.1, 0.15) is 12.4 Å². The van der Waals surface area contributed by atoms with Gasteiger partial charge in [0.15, 0.2) is 0 Å². The van der Waals surface area contributed by atoms with Gasteiger partial charge in [0, 0.05) is 5.69 Å². The van der Waals surface area contributed by atoms with Crippen molar-refractivity contribution in [1.82, 2.24) is 25.5 Å². The van der Waals surface area contributed by atoms with Crippen molar-refractivity contribution < 1.29 is 9.59 Å². The van der Waals surface area contributed by atoms with E-state index in [0.717, 1.165) is 22.0 Å². The van der Waals surface area contributed by atoms with Crippen LogP contribution in [0.2, 0.25) is 0 Å². The van der Waals surface area contributed by atoms with Crippen LogP contribution in [0.4, 0.5) is 5.69 Å². The normalized spacial score (nSPS) is 12.0. The number of carbonyl (C=O) groups excluding carboxylic acids is 2. The molecule has 162 valence electrons. The number of carbonyl (C=O) groups is 2. The van der Waals surface area contributed by atoms with Crippen LogP contribution in [0.1, 0.15) is 19.4 Å². The molecule has 0 aliphatic heterocycles. The van der Waals surface area contributed by atoms with Crippen LogP contribution in [0.25, 0.3) is 16.5 Å². The van der Waals surface area contributed by atoms with Gasteiger partial charge in [-0.3, -0.25) is 9.59 Å². The fourth-order valence-electron chi connectivity index (χ4n) is 3.58. The van der Waals surface area contributed by atoms with Crippen molar-refractivity contribution >= 4 is 28.3 Å². The first kappa shape index (κ1) is 21.2. The van der Waals surface area contributed by atoms with Crippen LogP contribution < -0.4 is 10.6 Å². The lowest BCUT2D eigenvalue weighted by atomic mass is 10.00. The third kappa shape index (κ3) is 4.80. The standard InChI is InChI=1S/C24H24N6O2/c1-16(2)23(24(32)26-19-10-12-20(13-11-19)30-15-25-28-29-30)27-22(31)14-18-8-5-7-17-6-3-4-9-21(17)18/h3-13,15-16,23H,14H2,1-2H3,(H,26,32)(H,27,31)/t23-/m0/s1. The summed E-state index contributed by atoms with van der Waals surface area (Å²) in [6.07, 6.45) is 1.70. The molecule has 2 N–H and O–H groups in total. The van der Waals surface area contributed by atoms with E-state index in [1.807, 2.05) is 56.3 Å². The third-order valence-corrected chi connectivity index (χ3v) is 5.24. The van der Waals surface area contributed by atoms with Crippen LogP contribution >= 0.6 is 0 Å². The van der Waals surface area contributed by atoms with Crippen molar-refractivity contribution in [1.29, 1.82) is 0 Å². The van der Waals surface area contributed by atoms with Crippen molar-refractivity contribution in [2.75, 3.05) is 5.32 Å². The van der Waals surface area contributed by atoms with Gasteiger partial charge in [0.25, 0.3) is 0 Å². The Morgan fingerprint density at radius 2 is 1.72 bits per heavy atom. The predicted octanol–water partition coefficient (Wildman–Crippen LogP) is 3.14. The molecule has 8 heteroatoms. The molecule has 0 aliphatic rings. The predicted molar refractivity (Wildman–Crippen MR) is 122 cm³/mol. The molecule has 0 saturated heterocycles. The minimum Gasteiger partial charge on any atom is -0.344 e. The van der Waals surface area contributed by atoms with Crippen molar-refractivity contribution in [3.63, 3.8) is 0 Å². The third-order valence-electron chi connectivity index (χ3n) is 5.24. The summed E-state index contributed by atoms with van der Waals surface area (Å²) in [5.41, 5.74) is 2.33. The summed E-state index contributed by atoms with van der Waals surface area (Å²) in [7, 11) is 0. The molecule has 0 saturated carbocycles. The van der Waals surface area contributed by atoms with Crippen LogP contribution in [-0.4, -0.2) is 38.1 Å². The molecule has 3 aromatic carbocycles. The summed E-state index contributed by atoms with van der Waals surface area (Å²) < 4.78 is 1.52. The number of tetrazole rings is 1. The van der Waals surface area contributed by atoms with E-state index in [4.69, 9.17) is 0 Å². The van der Waals surface area contributed by atoms with Gasteiger partial charge in [-0.2, -0.15) is 0 Å². The molecule has 32 heavy (non-hydrogen) atoms. The molecule has 1 aromatic heterocycles. The van der Waals surface area contributed by atoms with E-state index in [2.05, 4.69) is 26.2 Å². The topological polar surface area (TPSA) is 102 Å². The second kappa shape index (κ2) is 9.38. The van der Waals surface area contributed by atoms with E-state index in [1.165, 1.54) is 11.0 Å². The van der Waals surface area contributed by atoms with Crippen LogP contribution in [0.5, 0.6) is 0 Å². The average molecular weight is 428 g/mol. The monoisotopic (exact) mass is 428 g/mol. The Balaban J connectivity index is 1.42. The molecule has 0 unspecified atom stereocenters. The van der Waals surface area contributed by atoms with E-state index in [0.29, 0.717) is 5.69 Å². The molecule has 0 spiro atoms. The molecular weight excluding hydrogens is 404 g/mol. The van der Waals surface area contributed by atoms with Crippen LogP contribution in [-0.2, 0) is 16.0 Å². The molecule has 1 atom stereocenters. The van der Waals surface area contributed by atoms with E-state index < -0.39 is 6.04 Å². The van der Waals surface area contributed by atoms with Gasteiger partial charge in [-0.15, -0.1) is 5.10 Å². The molecule has 0 bridgehead atoms. The molecule has 4 aromatic rings. The number of amides is 2. The maximum Gasteiger partial charge on any atom is 0.247 e. The first-order valence-electron chi connectivity index (χ1n) is 10.4. The number of aromatic nitrogens is 4. The van der Waals surface area contributed by atoms with Crippen molar-refractivity contribution in [2.24, 2.45) is 5.92 Å². The first-order valence-corrected chi connectivity index (χ1v) is 10.4. The van der Waals surface area contributed by atoms with E-state index >= 15 is 0 Å². The zero-order valence-electron chi connectivity index (χ0n) is 17.9. The Morgan fingerprint density at radius 1 is 0.969 bits per heavy atom. The fourth-order valence-corrected chi connectivity index (χ4v) is 3.58. The zero-order valence-corrected chi connectivity index (χ0v) is 17.9. The SMILES string of the molecule is CC(C)[C@H](NC(=O)Cc1cccc2ccccc12)C(=O)Nc1ccc(-n2cnnn2)cc1. The number of nitrogens with one attached hydrogen (secondary N) is 2. The van der Waals surface area contributed by atoms with Gasteiger partial charge in [-0.05, 0) is 56.9 Å². The van der Waals surface area contributed by atoms with Crippen molar-refractivity contribution in [3.05, 3.63) is 78.6 Å². The van der Waals surface area contributed by atoms with Crippen molar-refractivity contribution in [2.45, 2.75) is 26.3 Å². The molecule has 1 heterocycles. The summed E-state index contributed by atoms with van der Waals surface area (Å²) >= 11 is 0. The smallest absolute Gasteiger partial charge is 0.247 e. The molecule has 0 fully saturated rings. The summed E-state index contributed by atoms with van der Waals surface area (Å²) in [4.78, 5) is 25.7. The average Bonchev–Trinajstić information content (AvgIpc) is 3.33. The number of fused-ring (bicyclic) bond motifs is 1. The Hall–Kier alpha value is -4.07. The highest BCUT2D eigenvalue weighted by Crippen LogP contribution is 2.19. The Bertz CT molecular complexity index is 1210. The lowest BCUT2D eigenvalue weighted by Gasteiger charge is -2.22. The van der Waals surface area contributed by atoms with Crippen LogP contribution in [0, 0.1) is 5.92 Å². The Kier molecular flexibility index (Phi) is 6.21. The number of rotatable bonds is 7. The summed E-state index contributed by atoms with van der Waals surface area (Å²) in [5, 5.41) is 19.0. The molecule has 0 aliphatic carbocycles. The summed E-state index contributed by atoms with van der Waals surface area (Å²) in [5.74, 6) is -0.530. The Labute approximate surface area is 185 Å². The summed E-state index contributed by atoms with van der Waals surface area (Å²) in [6.45, 7) is 3.81. The van der Waals surface area contributed by atoms with Gasteiger partial charge in [-0.25, -0.2) is 4.68 Å². The lowest BCUT2D eigenvalue weighted by molar-refractivity contribution is -0.127. The molecule has 0 radical (unpaired) electrons. The second-order valence-corrected chi connectivity index (χ2v) is 7.89. The lowest BCUT2D eigenvalue weighted by Crippen LogP contribution is -2.47. The summed E-state index contributed by atoms with van der Waals surface area (Å²) in [6, 6.07) is 20.3. The highest BCUT2D eigenvalue weighted by Gasteiger charge is 2.24. The number of hydrogen-bond acceptors (Lipinski definition) is 5. The van der Waals surface area contributed by atoms with E-state index in [-0.39, 0.29) is 24.2 Å². The molecule has 4 rings (SSSR count). The highest BCUT2D eigenvalue weighted by atomic mass is 16.2. The number of hydrogen-bond donors (Lipinski definition) is 2. The quantitative estimate of drug-likeness (QED) is 0.471. The largest absolute Gasteiger partial charge is 0.344 e. The van der Waals surface area contributed by atoms with Crippen LogP contribution in [0.15, 0.2) is 73.1 Å². The van der Waals surface area contributed by atoms with Gasteiger partial charge >= 0.3 is 0 Å². The minimum atomic E-state index is -0.656. The van der Waals surface area contributed by atoms with Crippen LogP contribution in [0.3, 0.4) is 0 Å². The van der Waals surface area contributed by atoms with Gasteiger partial charge in [0.2, 0.25) is 11.8 Å². The Morgan fingerprint density at radius 3 is 2.44 bits per heavy atom. The van der Waals surface area contributed by atoms with E-state index in [1.54, 1.807) is 24.3 Å². The number of benzene rings is 3. The van der Waals surface area contributed by atoms with Gasteiger partial charge in [-0.1, -0.05) is 56.3 Å². The number of anilines is 1. The van der Waals surface area contributed by atoms with Crippen molar-refractivity contribution in [3.8, 4) is 5.69 Å². The second-order valence-electron chi connectivity index (χ2n) is 7.89. The van der Waals surface area contributed by atoms with Gasteiger partial charge in [0.05, 0.1) is 12.1 Å². The zero-order chi connectivity index (χ0) is 22.5. The molecule has 8 nitrogen and oxygen atoms in total. The maximum atomic E-state index is 12.9. The highest BCUT2D eigenvalue weighted by molar-refractivity contribution is 5.98. The molecule has 2 amide bonds. The fraction of sp³-hybridized carbons (Fsp3) is 0.208. The molecular formula is C24H24N6O2. The first-order chi connectivity index (χ1) is 15.5.